The van der Waals surface area contributed by atoms with Crippen LogP contribution in [0.15, 0.2) is 22.0 Å². The maximum absolute atomic E-state index is 12.3. The Labute approximate surface area is 168 Å². The van der Waals surface area contributed by atoms with Gasteiger partial charge >= 0.3 is 5.97 Å². The Kier molecular flexibility index (Phi) is 5.98. The van der Waals surface area contributed by atoms with Crippen LogP contribution >= 0.6 is 34.4 Å². The summed E-state index contributed by atoms with van der Waals surface area (Å²) in [7, 11) is 3.19. The summed E-state index contributed by atoms with van der Waals surface area (Å²) in [5.41, 5.74) is 2.60. The molecule has 3 rings (SSSR count). The van der Waals surface area contributed by atoms with E-state index in [9.17, 15) is 9.59 Å². The number of thiophene rings is 2. The van der Waals surface area contributed by atoms with Gasteiger partial charge in [-0.1, -0.05) is 11.8 Å². The molecule has 10 heteroatoms. The Morgan fingerprint density at radius 2 is 2.07 bits per heavy atom. The summed E-state index contributed by atoms with van der Waals surface area (Å²) in [6.45, 7) is 4.14. The highest BCUT2D eigenvalue weighted by Gasteiger charge is 2.18. The van der Waals surface area contributed by atoms with E-state index in [0.717, 1.165) is 11.4 Å². The molecule has 0 unspecified atom stereocenters. The van der Waals surface area contributed by atoms with E-state index < -0.39 is 5.97 Å². The number of nitrogens with one attached hydrogen (secondary N) is 1. The van der Waals surface area contributed by atoms with E-state index in [1.807, 2.05) is 11.6 Å². The first-order chi connectivity index (χ1) is 12.9. The standard InChI is InChI=1S/C17H18N4O3S3/c1-9-10(2)26-7-12(9)14-19-20-17(21(14)3)27-8-13(22)18-15-11(5-6-25-15)16(23)24-4/h5-7H,8H2,1-4H3,(H,18,22). The first-order valence-corrected chi connectivity index (χ1v) is 10.7. The molecule has 1 N–H and O–H groups in total. The Bertz CT molecular complexity index is 990. The fraction of sp³-hybridized carbons (Fsp3) is 0.294. The van der Waals surface area contributed by atoms with Gasteiger partial charge in [0.2, 0.25) is 5.91 Å². The third-order valence-corrected chi connectivity index (χ3v) is 6.88. The number of anilines is 1. The summed E-state index contributed by atoms with van der Waals surface area (Å²) < 4.78 is 6.59. The summed E-state index contributed by atoms with van der Waals surface area (Å²) in [5, 5.41) is 16.2. The normalized spacial score (nSPS) is 10.8. The predicted molar refractivity (Wildman–Crippen MR) is 109 cm³/mol. The molecule has 7 nitrogen and oxygen atoms in total. The molecule has 142 valence electrons. The van der Waals surface area contributed by atoms with Gasteiger partial charge in [0.25, 0.3) is 0 Å². The van der Waals surface area contributed by atoms with Crippen molar-refractivity contribution in [1.29, 1.82) is 0 Å². The van der Waals surface area contributed by atoms with Gasteiger partial charge in [-0.25, -0.2) is 4.79 Å². The third-order valence-electron chi connectivity index (χ3n) is 4.02. The fourth-order valence-corrected chi connectivity index (χ4v) is 4.74. The average molecular weight is 423 g/mol. The summed E-state index contributed by atoms with van der Waals surface area (Å²) >= 11 is 4.25. The van der Waals surface area contributed by atoms with Gasteiger partial charge in [-0.15, -0.1) is 32.9 Å². The zero-order valence-electron chi connectivity index (χ0n) is 15.2. The monoisotopic (exact) mass is 422 g/mol. The number of esters is 1. The van der Waals surface area contributed by atoms with Gasteiger partial charge < -0.3 is 14.6 Å². The minimum absolute atomic E-state index is 0.159. The predicted octanol–water partition coefficient (Wildman–Crippen LogP) is 3.74. The van der Waals surface area contributed by atoms with Gasteiger partial charge in [-0.2, -0.15) is 0 Å². The molecule has 0 aliphatic heterocycles. The zero-order valence-corrected chi connectivity index (χ0v) is 17.7. The van der Waals surface area contributed by atoms with Gasteiger partial charge in [0.05, 0.1) is 18.4 Å². The van der Waals surface area contributed by atoms with Crippen molar-refractivity contribution in [3.05, 3.63) is 32.8 Å². The maximum atomic E-state index is 12.3. The van der Waals surface area contributed by atoms with Crippen LogP contribution in [-0.4, -0.2) is 39.5 Å². The first kappa shape index (κ1) is 19.6. The third kappa shape index (κ3) is 4.07. The number of thioether (sulfide) groups is 1. The quantitative estimate of drug-likeness (QED) is 0.481. The van der Waals surface area contributed by atoms with Crippen LogP contribution in [0.25, 0.3) is 11.4 Å². The number of ether oxygens (including phenoxy) is 1. The molecule has 0 aliphatic rings. The van der Waals surface area contributed by atoms with Crippen molar-refractivity contribution in [2.45, 2.75) is 19.0 Å². The summed E-state index contributed by atoms with van der Waals surface area (Å²) in [5.74, 6) is 0.246. The molecule has 0 saturated carbocycles. The van der Waals surface area contributed by atoms with Crippen molar-refractivity contribution >= 4 is 51.3 Å². The van der Waals surface area contributed by atoms with Crippen LogP contribution in [0.5, 0.6) is 0 Å². The van der Waals surface area contributed by atoms with Crippen molar-refractivity contribution < 1.29 is 14.3 Å². The second kappa shape index (κ2) is 8.24. The molecule has 0 spiro atoms. The topological polar surface area (TPSA) is 86.1 Å². The van der Waals surface area contributed by atoms with Crippen LogP contribution in [0.1, 0.15) is 20.8 Å². The number of amides is 1. The molecular formula is C17H18N4O3S3. The van der Waals surface area contributed by atoms with E-state index in [1.54, 1.807) is 22.8 Å². The molecule has 27 heavy (non-hydrogen) atoms. The number of hydrogen-bond acceptors (Lipinski definition) is 8. The van der Waals surface area contributed by atoms with E-state index >= 15 is 0 Å². The average Bonchev–Trinajstić information content (AvgIpc) is 3.34. The van der Waals surface area contributed by atoms with Crippen LogP contribution in [-0.2, 0) is 16.6 Å². The minimum atomic E-state index is -0.474. The van der Waals surface area contributed by atoms with Gasteiger partial charge in [-0.3, -0.25) is 4.79 Å². The maximum Gasteiger partial charge on any atom is 0.340 e. The smallest absolute Gasteiger partial charge is 0.340 e. The molecule has 1 amide bonds. The summed E-state index contributed by atoms with van der Waals surface area (Å²) in [6.07, 6.45) is 0. The van der Waals surface area contributed by atoms with Crippen LogP contribution in [0.2, 0.25) is 0 Å². The fourth-order valence-electron chi connectivity index (χ4n) is 2.38. The number of nitrogens with zero attached hydrogens (tertiary/aromatic N) is 3. The van der Waals surface area contributed by atoms with Gasteiger partial charge in [0.15, 0.2) is 11.0 Å². The number of aryl methyl sites for hydroxylation is 1. The van der Waals surface area contributed by atoms with Gasteiger partial charge in [0.1, 0.15) is 5.00 Å². The lowest BCUT2D eigenvalue weighted by atomic mass is 10.2. The van der Waals surface area contributed by atoms with E-state index in [1.165, 1.54) is 40.6 Å². The lowest BCUT2D eigenvalue weighted by Crippen LogP contribution is -2.16. The minimum Gasteiger partial charge on any atom is -0.465 e. The lowest BCUT2D eigenvalue weighted by Gasteiger charge is -2.06. The number of aromatic nitrogens is 3. The molecule has 0 radical (unpaired) electrons. The highest BCUT2D eigenvalue weighted by molar-refractivity contribution is 7.99. The zero-order chi connectivity index (χ0) is 19.6. The number of carbonyl (C=O) groups excluding carboxylic acids is 2. The van der Waals surface area contributed by atoms with Crippen molar-refractivity contribution in [3.8, 4) is 11.4 Å². The number of methoxy groups -OCH3 is 1. The van der Waals surface area contributed by atoms with Crippen molar-refractivity contribution in [2.24, 2.45) is 7.05 Å². The number of hydrogen-bond donors (Lipinski definition) is 1. The van der Waals surface area contributed by atoms with Crippen molar-refractivity contribution in [3.63, 3.8) is 0 Å². The second-order valence-electron chi connectivity index (χ2n) is 5.69. The Hall–Kier alpha value is -2.17. The van der Waals surface area contributed by atoms with E-state index in [0.29, 0.717) is 15.7 Å². The summed E-state index contributed by atoms with van der Waals surface area (Å²) in [4.78, 5) is 25.2. The van der Waals surface area contributed by atoms with Crippen LogP contribution < -0.4 is 5.32 Å². The molecule has 3 heterocycles. The van der Waals surface area contributed by atoms with Crippen LogP contribution in [0, 0.1) is 13.8 Å². The van der Waals surface area contributed by atoms with E-state index in [-0.39, 0.29) is 11.7 Å². The lowest BCUT2D eigenvalue weighted by molar-refractivity contribution is -0.113. The molecule has 0 aliphatic carbocycles. The molecule has 0 bridgehead atoms. The van der Waals surface area contributed by atoms with Crippen LogP contribution in [0.3, 0.4) is 0 Å². The molecular weight excluding hydrogens is 404 g/mol. The van der Waals surface area contributed by atoms with E-state index in [2.05, 4.69) is 34.7 Å². The summed E-state index contributed by atoms with van der Waals surface area (Å²) in [6, 6.07) is 1.62. The molecule has 0 aromatic carbocycles. The number of rotatable bonds is 6. The second-order valence-corrected chi connectivity index (χ2v) is 8.63. The van der Waals surface area contributed by atoms with Crippen molar-refractivity contribution in [2.75, 3.05) is 18.2 Å². The Morgan fingerprint density at radius 3 is 2.74 bits per heavy atom. The highest BCUT2D eigenvalue weighted by Crippen LogP contribution is 2.31. The van der Waals surface area contributed by atoms with Gasteiger partial charge in [0, 0.05) is 22.9 Å². The van der Waals surface area contributed by atoms with E-state index in [4.69, 9.17) is 4.74 Å². The molecule has 3 aromatic rings. The highest BCUT2D eigenvalue weighted by atomic mass is 32.2. The van der Waals surface area contributed by atoms with Crippen molar-refractivity contribution in [1.82, 2.24) is 14.8 Å². The largest absolute Gasteiger partial charge is 0.465 e. The molecule has 0 fully saturated rings. The number of carbonyl (C=O) groups is 2. The molecule has 0 saturated heterocycles. The Morgan fingerprint density at radius 1 is 1.30 bits per heavy atom. The SMILES string of the molecule is COC(=O)c1ccsc1NC(=O)CSc1nnc(-c2csc(C)c2C)n1C. The first-order valence-electron chi connectivity index (χ1n) is 7.95. The Balaban J connectivity index is 1.66. The van der Waals surface area contributed by atoms with Crippen LogP contribution in [0.4, 0.5) is 5.00 Å². The molecule has 0 atom stereocenters. The molecule has 3 aromatic heterocycles. The van der Waals surface area contributed by atoms with Gasteiger partial charge in [-0.05, 0) is 30.9 Å².